The molecule has 0 saturated heterocycles. The first kappa shape index (κ1) is 44.4. The molecule has 3 aromatic carbocycles. The van der Waals surface area contributed by atoms with E-state index in [0.717, 1.165) is 117 Å². The molecule has 0 radical (unpaired) electrons. The molecule has 11 nitrogen and oxygen atoms in total. The van der Waals surface area contributed by atoms with E-state index in [-0.39, 0.29) is 19.2 Å². The third-order valence-corrected chi connectivity index (χ3v) is 14.3. The molecule has 1 amide bonds. The lowest BCUT2D eigenvalue weighted by molar-refractivity contribution is -0.154. The van der Waals surface area contributed by atoms with Crippen molar-refractivity contribution in [2.75, 3.05) is 50.8 Å². The number of amides is 1. The molecule has 0 spiro atoms. The zero-order chi connectivity index (χ0) is 43.6. The van der Waals surface area contributed by atoms with Gasteiger partial charge in [0, 0.05) is 72.1 Å². The molecule has 5 aliphatic heterocycles. The smallest absolute Gasteiger partial charge is 0.407 e. The highest BCUT2D eigenvalue weighted by Crippen LogP contribution is 2.50. The van der Waals surface area contributed by atoms with Crippen LogP contribution in [0.25, 0.3) is 5.57 Å². The van der Waals surface area contributed by atoms with Crippen molar-refractivity contribution in [1.82, 2.24) is 9.89 Å². The number of fused-ring (bicyclic) bond motifs is 4. The van der Waals surface area contributed by atoms with Crippen LogP contribution in [0.1, 0.15) is 139 Å². The predicted octanol–water partition coefficient (Wildman–Crippen LogP) is 8.18. The number of hydrogen-bond donors (Lipinski definition) is 1. The number of esters is 1. The minimum atomic E-state index is -3.84. The van der Waals surface area contributed by atoms with Crippen LogP contribution in [0.3, 0.4) is 0 Å². The fraction of sp³-hybridized carbons (Fsp3) is 0.580. The number of carbonyl (C=O) groups excluding carboxylic acids is 2. The second kappa shape index (κ2) is 18.5. The van der Waals surface area contributed by atoms with Crippen molar-refractivity contribution in [3.63, 3.8) is 0 Å². The van der Waals surface area contributed by atoms with Crippen LogP contribution in [0.5, 0.6) is 11.5 Å². The lowest BCUT2D eigenvalue weighted by Crippen LogP contribution is -2.45. The van der Waals surface area contributed by atoms with E-state index in [1.807, 2.05) is 59.7 Å². The maximum absolute atomic E-state index is 15.2. The number of hydrogen-bond acceptors (Lipinski definition) is 9. The molecule has 0 aromatic heterocycles. The standard InChI is InChI=1S/C50H66N3O8P/c1-49(2,3)60-42(54)23-8-7-10-29-57-62(56,58-30-11-9-24-51-48(55)61-50(4,5)6)37-20-12-17-34(31-37)43-40-32-35-18-13-25-52-27-15-21-38(44(35)52)46(40)59-47-39-22-16-28-53-26-14-19-36(45(39)53)33-41(43)47/h12,17,20,31-33H,7-11,13-16,18-19,21-30H2,1-6H3/p+1. The molecule has 1 unspecified atom stereocenters. The van der Waals surface area contributed by atoms with E-state index in [1.54, 1.807) is 0 Å². The first-order valence-corrected chi connectivity index (χ1v) is 24.8. The molecule has 5 heterocycles. The van der Waals surface area contributed by atoms with E-state index < -0.39 is 24.9 Å². The number of aryl methyl sites for hydroxylation is 2. The average molecular weight is 869 g/mol. The number of alkyl carbamates (subject to hydrolysis) is 1. The highest BCUT2D eigenvalue weighted by molar-refractivity contribution is 7.62. The summed E-state index contributed by atoms with van der Waals surface area (Å²) in [6.45, 7) is 16.2. The maximum Gasteiger partial charge on any atom is 0.407 e. The summed E-state index contributed by atoms with van der Waals surface area (Å²) in [5, 5.41) is 5.80. The van der Waals surface area contributed by atoms with Crippen molar-refractivity contribution >= 4 is 36.2 Å². The Morgan fingerprint density at radius 2 is 1.47 bits per heavy atom. The lowest BCUT2D eigenvalue weighted by Gasteiger charge is -2.39. The van der Waals surface area contributed by atoms with Crippen LogP contribution in [0.4, 0.5) is 10.5 Å². The zero-order valence-electron chi connectivity index (χ0n) is 37.9. The van der Waals surface area contributed by atoms with Gasteiger partial charge in [-0.25, -0.2) is 9.37 Å². The SMILES string of the molecule is CC(C)(C)OC(=O)CCCCCOP(=O)(OCCCCNC(=O)OC(C)(C)C)c1cccc(C2=c3cc4c5c(c3Oc3c2cc2c6c3CCCN6CCC2)CCC[N+]=5CCC4)c1. The largest absolute Gasteiger partial charge is 0.460 e. The van der Waals surface area contributed by atoms with Crippen LogP contribution in [-0.2, 0) is 53.6 Å². The summed E-state index contributed by atoms with van der Waals surface area (Å²) in [5.41, 5.74) is 8.90. The van der Waals surface area contributed by atoms with Gasteiger partial charge in [0.1, 0.15) is 35.8 Å². The van der Waals surface area contributed by atoms with Crippen LogP contribution in [0.15, 0.2) is 36.4 Å². The third-order valence-electron chi connectivity index (χ3n) is 12.3. The zero-order valence-corrected chi connectivity index (χ0v) is 38.8. The summed E-state index contributed by atoms with van der Waals surface area (Å²) >= 11 is 0. The molecule has 334 valence electrons. The lowest BCUT2D eigenvalue weighted by atomic mass is 9.82. The van der Waals surface area contributed by atoms with Crippen molar-refractivity contribution < 1.29 is 37.4 Å². The molecule has 0 aliphatic carbocycles. The molecule has 3 aromatic rings. The van der Waals surface area contributed by atoms with Gasteiger partial charge in [-0.1, -0.05) is 18.6 Å². The minimum Gasteiger partial charge on any atom is -0.460 e. The van der Waals surface area contributed by atoms with E-state index in [0.29, 0.717) is 44.0 Å². The van der Waals surface area contributed by atoms with Gasteiger partial charge in [-0.15, -0.1) is 0 Å². The van der Waals surface area contributed by atoms with Crippen LogP contribution in [-0.4, -0.2) is 69.2 Å². The molecule has 5 aliphatic rings. The number of ether oxygens (including phenoxy) is 3. The van der Waals surface area contributed by atoms with Gasteiger partial charge in [0.2, 0.25) is 5.36 Å². The number of rotatable bonds is 15. The van der Waals surface area contributed by atoms with E-state index in [2.05, 4.69) is 33.0 Å². The Balaban J connectivity index is 1.13. The van der Waals surface area contributed by atoms with Gasteiger partial charge in [0.25, 0.3) is 0 Å². The monoisotopic (exact) mass is 868 g/mol. The van der Waals surface area contributed by atoms with Gasteiger partial charge < -0.3 is 33.5 Å². The number of unbranched alkanes of at least 4 members (excludes halogenated alkanes) is 3. The van der Waals surface area contributed by atoms with Gasteiger partial charge in [-0.2, -0.15) is 0 Å². The Morgan fingerprint density at radius 1 is 0.774 bits per heavy atom. The Bertz CT molecular complexity index is 2330. The van der Waals surface area contributed by atoms with Crippen molar-refractivity contribution in [1.29, 1.82) is 0 Å². The maximum atomic E-state index is 15.2. The number of anilines is 1. The molecule has 12 heteroatoms. The second-order valence-electron chi connectivity index (χ2n) is 19.6. The fourth-order valence-corrected chi connectivity index (χ4v) is 11.6. The summed E-state index contributed by atoms with van der Waals surface area (Å²) in [6.07, 6.45) is 11.5. The second-order valence-corrected chi connectivity index (χ2v) is 21.6. The number of nitrogens with one attached hydrogen (secondary N) is 1. The summed E-state index contributed by atoms with van der Waals surface area (Å²) in [5.74, 6) is 1.74. The highest BCUT2D eigenvalue weighted by Gasteiger charge is 2.36. The Hall–Kier alpha value is -4.18. The first-order valence-electron chi connectivity index (χ1n) is 23.3. The fourth-order valence-electron chi connectivity index (χ4n) is 9.88. The van der Waals surface area contributed by atoms with Gasteiger partial charge in [0.15, 0.2) is 0 Å². The Labute approximate surface area is 367 Å². The normalized spacial score (nSPS) is 17.5. The first-order chi connectivity index (χ1) is 29.7. The van der Waals surface area contributed by atoms with Crippen molar-refractivity contribution in [3.8, 4) is 11.5 Å². The molecule has 1 atom stereocenters. The van der Waals surface area contributed by atoms with Gasteiger partial charge >= 0.3 is 19.7 Å². The van der Waals surface area contributed by atoms with E-state index >= 15 is 4.57 Å². The van der Waals surface area contributed by atoms with E-state index in [9.17, 15) is 9.59 Å². The summed E-state index contributed by atoms with van der Waals surface area (Å²) in [6, 6.07) is 12.8. The number of benzene rings is 3. The molecular formula is C50H67N3O8P+. The van der Waals surface area contributed by atoms with Gasteiger partial charge in [0.05, 0.1) is 24.1 Å². The molecule has 0 fully saturated rings. The Morgan fingerprint density at radius 3 is 2.23 bits per heavy atom. The van der Waals surface area contributed by atoms with E-state index in [1.165, 1.54) is 33.3 Å². The van der Waals surface area contributed by atoms with Crippen molar-refractivity contribution in [3.05, 3.63) is 80.4 Å². The summed E-state index contributed by atoms with van der Waals surface area (Å²) in [4.78, 5) is 27.1. The van der Waals surface area contributed by atoms with Crippen LogP contribution in [0.2, 0.25) is 0 Å². The van der Waals surface area contributed by atoms with Gasteiger partial charge in [-0.3, -0.25) is 9.36 Å². The minimum absolute atomic E-state index is 0.185. The van der Waals surface area contributed by atoms with Crippen LogP contribution < -0.4 is 35.4 Å². The van der Waals surface area contributed by atoms with Crippen molar-refractivity contribution in [2.45, 2.75) is 143 Å². The molecule has 0 saturated carbocycles. The van der Waals surface area contributed by atoms with Gasteiger partial charge in [-0.05, 0) is 141 Å². The molecule has 8 rings (SSSR count). The molecule has 62 heavy (non-hydrogen) atoms. The quantitative estimate of drug-likeness (QED) is 0.0547. The van der Waals surface area contributed by atoms with E-state index in [4.69, 9.17) is 23.3 Å². The predicted molar refractivity (Wildman–Crippen MR) is 244 cm³/mol. The number of nitrogens with zero attached hydrogens (tertiary/aromatic N) is 2. The average Bonchev–Trinajstić information content (AvgIpc) is 3.22. The summed E-state index contributed by atoms with van der Waals surface area (Å²) < 4.78 is 48.5. The summed E-state index contributed by atoms with van der Waals surface area (Å²) in [7, 11) is -3.84. The highest BCUT2D eigenvalue weighted by atomic mass is 31.2. The third kappa shape index (κ3) is 9.95. The Kier molecular flexibility index (Phi) is 13.3. The van der Waals surface area contributed by atoms with Crippen LogP contribution in [0, 0.1) is 0 Å². The molecular weight excluding hydrogens is 802 g/mol. The number of carbonyl (C=O) groups is 2. The molecule has 1 N–H and O–H groups in total. The topological polar surface area (TPSA) is 116 Å². The molecule has 0 bridgehead atoms. The van der Waals surface area contributed by atoms with Crippen molar-refractivity contribution in [2.24, 2.45) is 0 Å². The van der Waals surface area contributed by atoms with Crippen LogP contribution >= 0.6 is 7.60 Å².